The van der Waals surface area contributed by atoms with Crippen molar-refractivity contribution in [1.29, 1.82) is 0 Å². The normalized spacial score (nSPS) is 23.4. The van der Waals surface area contributed by atoms with Crippen molar-refractivity contribution in [3.05, 3.63) is 65.9 Å². The number of hydrogen-bond acceptors (Lipinski definition) is 8. The minimum atomic E-state index is -1.33. The molecule has 3 fully saturated rings. The minimum absolute atomic E-state index is 0.00195. The first kappa shape index (κ1) is 32.4. The van der Waals surface area contributed by atoms with Crippen LogP contribution in [0.4, 0.5) is 4.79 Å². The molecular formula is C36H41N3O8. The molecule has 2 saturated carbocycles. The van der Waals surface area contributed by atoms with Gasteiger partial charge in [-0.1, -0.05) is 42.8 Å². The number of methoxy groups -OCH3 is 1. The number of ether oxygens (including phenoxy) is 2. The summed E-state index contributed by atoms with van der Waals surface area (Å²) in [5.74, 6) is -1.47. The van der Waals surface area contributed by atoms with Gasteiger partial charge >= 0.3 is 6.09 Å². The highest BCUT2D eigenvalue weighted by molar-refractivity contribution is 6.06. The number of fused-ring (bicyclic) bond motifs is 2. The van der Waals surface area contributed by atoms with Crippen LogP contribution in [0.15, 0.2) is 54.6 Å². The van der Waals surface area contributed by atoms with Crippen molar-refractivity contribution in [1.82, 2.24) is 14.8 Å². The average molecular weight is 644 g/mol. The highest BCUT2D eigenvalue weighted by Crippen LogP contribution is 2.43. The van der Waals surface area contributed by atoms with Crippen molar-refractivity contribution >= 4 is 40.4 Å². The van der Waals surface area contributed by atoms with Gasteiger partial charge in [-0.05, 0) is 74.6 Å². The Balaban J connectivity index is 1.32. The molecule has 0 bridgehead atoms. The zero-order chi connectivity index (χ0) is 33.2. The van der Waals surface area contributed by atoms with Crippen molar-refractivity contribution in [2.75, 3.05) is 13.7 Å². The minimum Gasteiger partial charge on any atom is -0.496 e. The third-order valence-corrected chi connectivity index (χ3v) is 10.1. The molecule has 3 aliphatic rings. The molecule has 2 aromatic carbocycles. The van der Waals surface area contributed by atoms with Gasteiger partial charge in [0.15, 0.2) is 5.78 Å². The van der Waals surface area contributed by atoms with Gasteiger partial charge in [0.05, 0.1) is 18.7 Å². The van der Waals surface area contributed by atoms with Crippen molar-refractivity contribution < 1.29 is 38.6 Å². The second-order valence-corrected chi connectivity index (χ2v) is 13.0. The topological polar surface area (TPSA) is 144 Å². The number of nitrogens with zero attached hydrogens (tertiary/aromatic N) is 2. The van der Waals surface area contributed by atoms with E-state index in [0.29, 0.717) is 36.0 Å². The van der Waals surface area contributed by atoms with Gasteiger partial charge < -0.3 is 24.8 Å². The van der Waals surface area contributed by atoms with Crippen molar-refractivity contribution in [2.24, 2.45) is 17.8 Å². The summed E-state index contributed by atoms with van der Waals surface area (Å²) in [7, 11) is 1.51. The molecule has 6 atom stereocenters. The molecule has 1 unspecified atom stereocenters. The number of hydrogen-bond donors (Lipinski definition) is 2. The molecule has 11 heteroatoms. The fourth-order valence-electron chi connectivity index (χ4n) is 7.73. The summed E-state index contributed by atoms with van der Waals surface area (Å²) in [4.78, 5) is 69.4. The number of amides is 2. The zero-order valence-corrected chi connectivity index (χ0v) is 26.7. The Morgan fingerprint density at radius 2 is 1.81 bits per heavy atom. The first-order valence-electron chi connectivity index (χ1n) is 16.4. The van der Waals surface area contributed by atoms with Crippen LogP contribution in [0.3, 0.4) is 0 Å². The van der Waals surface area contributed by atoms with Crippen molar-refractivity contribution in [3.8, 4) is 5.75 Å². The average Bonchev–Trinajstić information content (AvgIpc) is 3.86. The lowest BCUT2D eigenvalue weighted by Gasteiger charge is -2.30. The molecule has 2 heterocycles. The summed E-state index contributed by atoms with van der Waals surface area (Å²) in [6, 6.07) is 14.0. The summed E-state index contributed by atoms with van der Waals surface area (Å²) < 4.78 is 12.5. The lowest BCUT2D eigenvalue weighted by Crippen LogP contribution is -2.54. The predicted octanol–water partition coefficient (Wildman–Crippen LogP) is 4.27. The van der Waals surface area contributed by atoms with Crippen LogP contribution in [-0.2, 0) is 25.7 Å². The molecule has 0 spiro atoms. The second-order valence-electron chi connectivity index (χ2n) is 13.0. The maximum atomic E-state index is 14.5. The first-order chi connectivity index (χ1) is 22.7. The monoisotopic (exact) mass is 643 g/mol. The summed E-state index contributed by atoms with van der Waals surface area (Å²) in [6.07, 6.45) is 2.34. The van der Waals surface area contributed by atoms with Crippen LogP contribution in [0.1, 0.15) is 67.9 Å². The number of aliphatic hydroxyl groups excluding tert-OH is 1. The number of likely N-dealkylation sites (tertiary alicyclic amines) is 1. The van der Waals surface area contributed by atoms with Crippen LogP contribution in [0.2, 0.25) is 0 Å². The number of aliphatic hydroxyl groups is 1. The first-order valence-corrected chi connectivity index (χ1v) is 16.4. The molecule has 47 heavy (non-hydrogen) atoms. The van der Waals surface area contributed by atoms with Crippen molar-refractivity contribution in [2.45, 2.75) is 76.7 Å². The van der Waals surface area contributed by atoms with Gasteiger partial charge in [0.1, 0.15) is 36.0 Å². The van der Waals surface area contributed by atoms with Crippen LogP contribution in [0, 0.1) is 17.8 Å². The van der Waals surface area contributed by atoms with Crippen LogP contribution in [-0.4, -0.2) is 75.9 Å². The number of benzene rings is 2. The van der Waals surface area contributed by atoms with Gasteiger partial charge in [-0.15, -0.1) is 0 Å². The molecule has 0 radical (unpaired) electrons. The molecule has 1 aliphatic heterocycles. The number of carbonyl (C=O) groups excluding carboxylic acids is 5. The van der Waals surface area contributed by atoms with E-state index in [9.17, 15) is 29.1 Å². The standard InChI is InChI=1S/C36H41N3O8/c1-21(40)33(42)27(17-23-11-7-15-30(23)41)37-34(43)32-25-13-6-12-24(25)19-38(32)35(44)29-18-26-28(14-8-16-31(26)46-2)39(29)36(45)47-20-22-9-4-3-5-10-22/h3-5,8-10,14,16,18,21,23-25,27,32,40H,6-7,11-13,15,17,19-20H2,1-2H3,(H,37,43)/t21?,23-,24-,25-,27-,32-/m0/s1. The van der Waals surface area contributed by atoms with Gasteiger partial charge in [-0.25, -0.2) is 9.36 Å². The quantitative estimate of drug-likeness (QED) is 0.334. The van der Waals surface area contributed by atoms with Gasteiger partial charge in [0.25, 0.3) is 5.91 Å². The lowest BCUT2D eigenvalue weighted by molar-refractivity contribution is -0.135. The third-order valence-electron chi connectivity index (χ3n) is 10.1. The van der Waals surface area contributed by atoms with E-state index >= 15 is 0 Å². The van der Waals surface area contributed by atoms with E-state index < -0.39 is 41.9 Å². The van der Waals surface area contributed by atoms with E-state index in [4.69, 9.17) is 9.47 Å². The molecule has 1 saturated heterocycles. The predicted molar refractivity (Wildman–Crippen MR) is 172 cm³/mol. The Kier molecular flexibility index (Phi) is 9.45. The Morgan fingerprint density at radius 1 is 1.02 bits per heavy atom. The summed E-state index contributed by atoms with van der Waals surface area (Å²) in [6.45, 7) is 1.66. The maximum absolute atomic E-state index is 14.5. The number of Topliss-reactive ketones (excluding diaryl/α,β-unsaturated/α-hetero) is 2. The lowest BCUT2D eigenvalue weighted by atomic mass is 9.91. The fraction of sp³-hybridized carbons (Fsp3) is 0.472. The number of rotatable bonds is 10. The van der Waals surface area contributed by atoms with E-state index in [1.54, 1.807) is 24.3 Å². The number of nitrogens with one attached hydrogen (secondary N) is 1. The zero-order valence-electron chi connectivity index (χ0n) is 26.7. The molecule has 2 N–H and O–H groups in total. The van der Waals surface area contributed by atoms with Crippen LogP contribution < -0.4 is 10.1 Å². The Bertz CT molecular complexity index is 1680. The number of aromatic nitrogens is 1. The van der Waals surface area contributed by atoms with E-state index in [0.717, 1.165) is 31.2 Å². The van der Waals surface area contributed by atoms with Crippen LogP contribution in [0.5, 0.6) is 5.75 Å². The summed E-state index contributed by atoms with van der Waals surface area (Å²) in [5.41, 5.74) is 1.25. The smallest absolute Gasteiger partial charge is 0.419 e. The van der Waals surface area contributed by atoms with Crippen molar-refractivity contribution in [3.63, 3.8) is 0 Å². The Hall–Kier alpha value is -4.51. The SMILES string of the molecule is COc1cccc2c1cc(C(=O)N1C[C@@H]3CCC[C@@H]3[C@H]1C(=O)N[C@@H](C[C@@H]1CCCC1=O)C(=O)C(C)O)n2C(=O)OCc1ccccc1. The van der Waals surface area contributed by atoms with Crippen LogP contribution >= 0.6 is 0 Å². The van der Waals surface area contributed by atoms with Gasteiger partial charge in [0, 0.05) is 24.3 Å². The maximum Gasteiger partial charge on any atom is 0.419 e. The molecule has 11 nitrogen and oxygen atoms in total. The van der Waals surface area contributed by atoms with E-state index in [2.05, 4.69) is 5.32 Å². The highest BCUT2D eigenvalue weighted by atomic mass is 16.5. The Morgan fingerprint density at radius 3 is 2.51 bits per heavy atom. The molecular weight excluding hydrogens is 602 g/mol. The highest BCUT2D eigenvalue weighted by Gasteiger charge is 2.51. The fourth-order valence-corrected chi connectivity index (χ4v) is 7.73. The van der Waals surface area contributed by atoms with Crippen LogP contribution in [0.25, 0.3) is 10.9 Å². The van der Waals surface area contributed by atoms with E-state index in [1.165, 1.54) is 23.5 Å². The molecule has 2 amide bonds. The molecule has 3 aromatic rings. The number of ketones is 2. The van der Waals surface area contributed by atoms with E-state index in [1.807, 2.05) is 30.3 Å². The molecule has 248 valence electrons. The molecule has 6 rings (SSSR count). The Labute approximate surface area is 273 Å². The number of carbonyl (C=O) groups is 5. The van der Waals surface area contributed by atoms with Gasteiger partial charge in [0.2, 0.25) is 5.91 Å². The second kappa shape index (κ2) is 13.7. The van der Waals surface area contributed by atoms with Gasteiger partial charge in [-0.2, -0.15) is 0 Å². The largest absolute Gasteiger partial charge is 0.496 e. The summed E-state index contributed by atoms with van der Waals surface area (Å²) in [5, 5.41) is 13.5. The third kappa shape index (κ3) is 6.41. The molecule has 1 aromatic heterocycles. The summed E-state index contributed by atoms with van der Waals surface area (Å²) >= 11 is 0. The van der Waals surface area contributed by atoms with Gasteiger partial charge in [-0.3, -0.25) is 19.2 Å². The van der Waals surface area contributed by atoms with E-state index in [-0.39, 0.29) is 42.3 Å². The molecule has 2 aliphatic carbocycles.